The van der Waals surface area contributed by atoms with E-state index in [9.17, 15) is 14.4 Å². The summed E-state index contributed by atoms with van der Waals surface area (Å²) in [7, 11) is 1.82. The highest BCUT2D eigenvalue weighted by Crippen LogP contribution is 2.22. The van der Waals surface area contributed by atoms with Gasteiger partial charge in [0.2, 0.25) is 11.8 Å². The first-order valence-corrected chi connectivity index (χ1v) is 17.0. The standard InChI is InChI=1S/C41H45N5O5/c1-41(2,34-17-11-6-12-18-34)29-43-38(47)26-46(25-31-19-21-36(22-20-31)50-27-32-13-7-4-8-14-32)39(48)37(23-35-24-42-30-45(35)3)44-40(49)51-28-33-15-9-5-10-16-33/h4-22,24,30,37H,23,25-29H2,1-3H3,(H,43,47)(H,44,49)/t37-/m0/s1. The maximum Gasteiger partial charge on any atom is 0.408 e. The van der Waals surface area contributed by atoms with E-state index in [0.717, 1.165) is 27.9 Å². The maximum absolute atomic E-state index is 14.4. The first kappa shape index (κ1) is 36.4. The molecule has 5 rings (SSSR count). The zero-order valence-electron chi connectivity index (χ0n) is 29.3. The average Bonchev–Trinajstić information content (AvgIpc) is 3.56. The molecule has 0 saturated carbocycles. The van der Waals surface area contributed by atoms with Crippen LogP contribution in [0.15, 0.2) is 128 Å². The summed E-state index contributed by atoms with van der Waals surface area (Å²) >= 11 is 0. The van der Waals surface area contributed by atoms with Gasteiger partial charge >= 0.3 is 6.09 Å². The summed E-state index contributed by atoms with van der Waals surface area (Å²) in [5, 5.41) is 5.79. The van der Waals surface area contributed by atoms with Crippen LogP contribution in [0.5, 0.6) is 5.75 Å². The summed E-state index contributed by atoms with van der Waals surface area (Å²) in [5.41, 5.74) is 4.13. The van der Waals surface area contributed by atoms with Crippen molar-refractivity contribution in [1.82, 2.24) is 25.1 Å². The van der Waals surface area contributed by atoms with E-state index in [2.05, 4.69) is 29.5 Å². The Kier molecular flexibility index (Phi) is 12.6. The highest BCUT2D eigenvalue weighted by molar-refractivity contribution is 5.89. The van der Waals surface area contributed by atoms with Crippen LogP contribution >= 0.6 is 0 Å². The Labute approximate surface area is 299 Å². The number of benzene rings is 4. The van der Waals surface area contributed by atoms with Gasteiger partial charge in [-0.25, -0.2) is 9.78 Å². The summed E-state index contributed by atoms with van der Waals surface area (Å²) < 4.78 is 13.2. The molecule has 10 nitrogen and oxygen atoms in total. The molecule has 1 heterocycles. The van der Waals surface area contributed by atoms with E-state index in [1.807, 2.05) is 122 Å². The molecule has 10 heteroatoms. The van der Waals surface area contributed by atoms with Crippen LogP contribution in [0, 0.1) is 0 Å². The fourth-order valence-electron chi connectivity index (χ4n) is 5.52. The van der Waals surface area contributed by atoms with Crippen LogP contribution < -0.4 is 15.4 Å². The molecule has 51 heavy (non-hydrogen) atoms. The average molecular weight is 688 g/mol. The van der Waals surface area contributed by atoms with Crippen LogP contribution in [0.2, 0.25) is 0 Å². The summed E-state index contributed by atoms with van der Waals surface area (Å²) in [6, 6.07) is 35.5. The molecule has 5 aromatic rings. The minimum Gasteiger partial charge on any atom is -0.489 e. The number of amides is 3. The Morgan fingerprint density at radius 1 is 0.804 bits per heavy atom. The normalized spacial score (nSPS) is 11.7. The molecule has 0 saturated heterocycles. The first-order chi connectivity index (χ1) is 24.7. The molecule has 0 radical (unpaired) electrons. The van der Waals surface area contributed by atoms with Gasteiger partial charge in [-0.3, -0.25) is 9.59 Å². The van der Waals surface area contributed by atoms with Gasteiger partial charge in [0.05, 0.1) is 12.9 Å². The van der Waals surface area contributed by atoms with Gasteiger partial charge in [0, 0.05) is 43.9 Å². The van der Waals surface area contributed by atoms with Crippen molar-refractivity contribution in [1.29, 1.82) is 0 Å². The number of rotatable bonds is 16. The zero-order chi connectivity index (χ0) is 36.1. The molecule has 0 bridgehead atoms. The second-order valence-corrected chi connectivity index (χ2v) is 13.1. The van der Waals surface area contributed by atoms with E-state index >= 15 is 0 Å². The van der Waals surface area contributed by atoms with E-state index in [1.54, 1.807) is 17.1 Å². The number of nitrogens with one attached hydrogen (secondary N) is 2. The number of imidazole rings is 1. The molecule has 0 spiro atoms. The lowest BCUT2D eigenvalue weighted by molar-refractivity contribution is -0.138. The Hall–Kier alpha value is -5.90. The van der Waals surface area contributed by atoms with E-state index in [4.69, 9.17) is 9.47 Å². The predicted molar refractivity (Wildman–Crippen MR) is 196 cm³/mol. The van der Waals surface area contributed by atoms with Crippen molar-refractivity contribution < 1.29 is 23.9 Å². The molecule has 0 unspecified atom stereocenters. The van der Waals surface area contributed by atoms with Gasteiger partial charge < -0.3 is 29.6 Å². The monoisotopic (exact) mass is 687 g/mol. The number of carbonyl (C=O) groups is 3. The largest absolute Gasteiger partial charge is 0.489 e. The number of nitrogens with zero attached hydrogens (tertiary/aromatic N) is 3. The Morgan fingerprint density at radius 3 is 2.02 bits per heavy atom. The summed E-state index contributed by atoms with van der Waals surface area (Å²) in [5.74, 6) is -0.0749. The Morgan fingerprint density at radius 2 is 1.41 bits per heavy atom. The lowest BCUT2D eigenvalue weighted by atomic mass is 9.84. The Bertz CT molecular complexity index is 1840. The number of hydrogen-bond acceptors (Lipinski definition) is 6. The van der Waals surface area contributed by atoms with Gasteiger partial charge in [0.1, 0.15) is 25.0 Å². The quantitative estimate of drug-likeness (QED) is 0.132. The minimum absolute atomic E-state index is 0.0430. The number of aromatic nitrogens is 2. The third-order valence-corrected chi connectivity index (χ3v) is 8.61. The molecule has 3 amide bonds. The molecule has 264 valence electrons. The SMILES string of the molecule is Cn1cncc1C[C@H](NC(=O)OCc1ccccc1)C(=O)N(CC(=O)NCC(C)(C)c1ccccc1)Cc1ccc(OCc2ccccc2)cc1. The van der Waals surface area contributed by atoms with Crippen molar-refractivity contribution in [3.05, 3.63) is 156 Å². The van der Waals surface area contributed by atoms with E-state index in [0.29, 0.717) is 18.9 Å². The fourth-order valence-corrected chi connectivity index (χ4v) is 5.52. The predicted octanol–water partition coefficient (Wildman–Crippen LogP) is 5.96. The van der Waals surface area contributed by atoms with Crippen molar-refractivity contribution in [3.8, 4) is 5.75 Å². The van der Waals surface area contributed by atoms with Gasteiger partial charge in [0.25, 0.3) is 0 Å². The third-order valence-electron chi connectivity index (χ3n) is 8.61. The number of hydrogen-bond donors (Lipinski definition) is 2. The molecule has 0 aliphatic heterocycles. The molecule has 1 atom stereocenters. The van der Waals surface area contributed by atoms with Crippen LogP contribution in [-0.2, 0) is 53.0 Å². The summed E-state index contributed by atoms with van der Waals surface area (Å²) in [6.07, 6.45) is 2.68. The first-order valence-electron chi connectivity index (χ1n) is 17.0. The smallest absolute Gasteiger partial charge is 0.408 e. The highest BCUT2D eigenvalue weighted by Gasteiger charge is 2.30. The van der Waals surface area contributed by atoms with Crippen molar-refractivity contribution >= 4 is 17.9 Å². The summed E-state index contributed by atoms with van der Waals surface area (Å²) in [6.45, 7) is 4.85. The molecule has 0 aliphatic carbocycles. The second-order valence-electron chi connectivity index (χ2n) is 13.1. The third kappa shape index (κ3) is 11.1. The van der Waals surface area contributed by atoms with E-state index in [-0.39, 0.29) is 37.4 Å². The van der Waals surface area contributed by atoms with Crippen molar-refractivity contribution in [3.63, 3.8) is 0 Å². The Balaban J connectivity index is 1.33. The molecule has 1 aromatic heterocycles. The lowest BCUT2D eigenvalue weighted by Crippen LogP contribution is -2.52. The van der Waals surface area contributed by atoms with Gasteiger partial charge in [-0.1, -0.05) is 117 Å². The maximum atomic E-state index is 14.4. The lowest BCUT2D eigenvalue weighted by Gasteiger charge is -2.29. The second kappa shape index (κ2) is 17.7. The van der Waals surface area contributed by atoms with Gasteiger partial charge in [0.15, 0.2) is 0 Å². The van der Waals surface area contributed by atoms with Crippen LogP contribution in [0.3, 0.4) is 0 Å². The molecule has 2 N–H and O–H groups in total. The van der Waals surface area contributed by atoms with E-state index < -0.39 is 18.0 Å². The topological polar surface area (TPSA) is 115 Å². The minimum atomic E-state index is -1.04. The number of aryl methyl sites for hydroxylation is 1. The summed E-state index contributed by atoms with van der Waals surface area (Å²) in [4.78, 5) is 46.6. The van der Waals surface area contributed by atoms with Crippen molar-refractivity contribution in [2.24, 2.45) is 7.05 Å². The molecule has 4 aromatic carbocycles. The van der Waals surface area contributed by atoms with Crippen LogP contribution in [-0.4, -0.2) is 51.5 Å². The van der Waals surface area contributed by atoms with Crippen molar-refractivity contribution in [2.45, 2.75) is 51.5 Å². The fraction of sp³-hybridized carbons (Fsp3) is 0.268. The number of alkyl carbamates (subject to hydrolysis) is 1. The van der Waals surface area contributed by atoms with Crippen LogP contribution in [0.4, 0.5) is 4.79 Å². The molecule has 0 aliphatic rings. The van der Waals surface area contributed by atoms with Crippen LogP contribution in [0.25, 0.3) is 0 Å². The van der Waals surface area contributed by atoms with Gasteiger partial charge in [-0.15, -0.1) is 0 Å². The van der Waals surface area contributed by atoms with Crippen LogP contribution in [0.1, 0.15) is 41.8 Å². The molecular formula is C41H45N5O5. The molecular weight excluding hydrogens is 642 g/mol. The van der Waals surface area contributed by atoms with Gasteiger partial charge in [-0.2, -0.15) is 0 Å². The van der Waals surface area contributed by atoms with Crippen molar-refractivity contribution in [2.75, 3.05) is 13.1 Å². The van der Waals surface area contributed by atoms with E-state index in [1.165, 1.54) is 4.90 Å². The highest BCUT2D eigenvalue weighted by atomic mass is 16.5. The van der Waals surface area contributed by atoms with Gasteiger partial charge in [-0.05, 0) is 34.4 Å². The number of ether oxygens (including phenoxy) is 2. The zero-order valence-corrected chi connectivity index (χ0v) is 29.3. The number of carbonyl (C=O) groups excluding carboxylic acids is 3. The molecule has 0 fully saturated rings.